The minimum Gasteiger partial charge on any atom is -0.465 e. The van der Waals surface area contributed by atoms with Gasteiger partial charge in [-0.3, -0.25) is 19.4 Å². The van der Waals surface area contributed by atoms with Crippen LogP contribution in [0.1, 0.15) is 38.7 Å². The van der Waals surface area contributed by atoms with Gasteiger partial charge in [0.2, 0.25) is 0 Å². The molecule has 0 aliphatic heterocycles. The summed E-state index contributed by atoms with van der Waals surface area (Å²) >= 11 is 0. The number of aromatic nitrogens is 1. The molecule has 108 valence electrons. The van der Waals surface area contributed by atoms with Crippen LogP contribution in [0.3, 0.4) is 0 Å². The molecule has 0 amide bonds. The van der Waals surface area contributed by atoms with Crippen LogP contribution in [-0.4, -0.2) is 29.1 Å². The van der Waals surface area contributed by atoms with Gasteiger partial charge in [0.05, 0.1) is 12.5 Å². The molecule has 0 saturated heterocycles. The van der Waals surface area contributed by atoms with Crippen molar-refractivity contribution in [2.45, 2.75) is 33.1 Å². The van der Waals surface area contributed by atoms with Gasteiger partial charge in [-0.05, 0) is 25.5 Å². The highest BCUT2D eigenvalue weighted by Crippen LogP contribution is 2.28. The van der Waals surface area contributed by atoms with Crippen LogP contribution in [0, 0.1) is 5.92 Å². The van der Waals surface area contributed by atoms with Crippen molar-refractivity contribution >= 4 is 17.5 Å². The van der Waals surface area contributed by atoms with Crippen molar-refractivity contribution < 1.29 is 19.1 Å². The SMILES string of the molecule is CCOC(=O)C(C(C)=O)C(C(=O)CC)c1cccnc1. The molecule has 0 N–H and O–H groups in total. The Balaban J connectivity index is 3.23. The molecule has 1 heterocycles. The van der Waals surface area contributed by atoms with Crippen LogP contribution in [0.4, 0.5) is 0 Å². The first-order chi connectivity index (χ1) is 9.52. The van der Waals surface area contributed by atoms with Gasteiger partial charge in [0.1, 0.15) is 17.5 Å². The third kappa shape index (κ3) is 3.73. The summed E-state index contributed by atoms with van der Waals surface area (Å²) in [5, 5.41) is 0. The second kappa shape index (κ2) is 7.53. The minimum absolute atomic E-state index is 0.169. The lowest BCUT2D eigenvalue weighted by Crippen LogP contribution is -2.34. The summed E-state index contributed by atoms with van der Waals surface area (Å²) in [5.41, 5.74) is 0.563. The number of Topliss-reactive ketones (excluding diaryl/α,β-unsaturated/α-hetero) is 2. The molecular formula is C15H19NO4. The van der Waals surface area contributed by atoms with Gasteiger partial charge in [0.15, 0.2) is 0 Å². The molecule has 20 heavy (non-hydrogen) atoms. The van der Waals surface area contributed by atoms with E-state index in [2.05, 4.69) is 4.98 Å². The molecule has 0 aliphatic rings. The lowest BCUT2D eigenvalue weighted by Gasteiger charge is -2.22. The molecule has 0 fully saturated rings. The highest BCUT2D eigenvalue weighted by atomic mass is 16.5. The van der Waals surface area contributed by atoms with Gasteiger partial charge < -0.3 is 4.74 Å². The van der Waals surface area contributed by atoms with E-state index in [9.17, 15) is 14.4 Å². The first kappa shape index (κ1) is 16.0. The van der Waals surface area contributed by atoms with E-state index in [1.165, 1.54) is 13.1 Å². The molecular weight excluding hydrogens is 258 g/mol. The van der Waals surface area contributed by atoms with E-state index in [4.69, 9.17) is 4.74 Å². The summed E-state index contributed by atoms with van der Waals surface area (Å²) in [4.78, 5) is 40.0. The number of hydrogen-bond donors (Lipinski definition) is 0. The highest BCUT2D eigenvalue weighted by Gasteiger charge is 2.38. The van der Waals surface area contributed by atoms with Crippen molar-refractivity contribution in [3.05, 3.63) is 30.1 Å². The fourth-order valence-electron chi connectivity index (χ4n) is 2.11. The Morgan fingerprint density at radius 3 is 2.45 bits per heavy atom. The smallest absolute Gasteiger partial charge is 0.317 e. The first-order valence-corrected chi connectivity index (χ1v) is 6.62. The Hall–Kier alpha value is -2.04. The van der Waals surface area contributed by atoms with Crippen LogP contribution in [0.2, 0.25) is 0 Å². The molecule has 2 unspecified atom stereocenters. The van der Waals surface area contributed by atoms with E-state index in [0.717, 1.165) is 0 Å². The Morgan fingerprint density at radius 1 is 1.30 bits per heavy atom. The van der Waals surface area contributed by atoms with Crippen LogP contribution in [-0.2, 0) is 19.1 Å². The third-order valence-corrected chi connectivity index (χ3v) is 3.05. The number of esters is 1. The molecule has 0 spiro atoms. The number of carbonyl (C=O) groups is 3. The Labute approximate surface area is 118 Å². The maximum absolute atomic E-state index is 12.2. The molecule has 2 atom stereocenters. The number of nitrogens with zero attached hydrogens (tertiary/aromatic N) is 1. The molecule has 0 radical (unpaired) electrons. The highest BCUT2D eigenvalue weighted by molar-refractivity contribution is 6.04. The van der Waals surface area contributed by atoms with Gasteiger partial charge in [-0.15, -0.1) is 0 Å². The quantitative estimate of drug-likeness (QED) is 0.562. The molecule has 1 aromatic heterocycles. The zero-order valence-corrected chi connectivity index (χ0v) is 12.0. The fraction of sp³-hybridized carbons (Fsp3) is 0.467. The van der Waals surface area contributed by atoms with E-state index in [0.29, 0.717) is 5.56 Å². The Morgan fingerprint density at radius 2 is 2.00 bits per heavy atom. The van der Waals surface area contributed by atoms with Gasteiger partial charge in [-0.1, -0.05) is 13.0 Å². The summed E-state index contributed by atoms with van der Waals surface area (Å²) < 4.78 is 4.93. The molecule has 1 aromatic rings. The molecule has 0 aromatic carbocycles. The fourth-order valence-corrected chi connectivity index (χ4v) is 2.11. The van der Waals surface area contributed by atoms with E-state index < -0.39 is 17.8 Å². The maximum Gasteiger partial charge on any atom is 0.317 e. The van der Waals surface area contributed by atoms with E-state index in [1.54, 1.807) is 32.2 Å². The molecule has 5 nitrogen and oxygen atoms in total. The predicted molar refractivity (Wildman–Crippen MR) is 73.1 cm³/mol. The van der Waals surface area contributed by atoms with Crippen molar-refractivity contribution in [2.75, 3.05) is 6.61 Å². The summed E-state index contributed by atoms with van der Waals surface area (Å²) in [6.45, 7) is 4.83. The van der Waals surface area contributed by atoms with Crippen LogP contribution in [0.15, 0.2) is 24.5 Å². The van der Waals surface area contributed by atoms with Crippen molar-refractivity contribution in [3.8, 4) is 0 Å². The molecule has 5 heteroatoms. The number of pyridine rings is 1. The van der Waals surface area contributed by atoms with Gasteiger partial charge in [0.25, 0.3) is 0 Å². The third-order valence-electron chi connectivity index (χ3n) is 3.05. The summed E-state index contributed by atoms with van der Waals surface area (Å²) in [5.74, 6) is -3.14. The predicted octanol–water partition coefficient (Wildman–Crippen LogP) is 1.91. The number of ketones is 2. The number of ether oxygens (including phenoxy) is 1. The van der Waals surface area contributed by atoms with Crippen LogP contribution in [0.25, 0.3) is 0 Å². The number of rotatable bonds is 7. The Kier molecular flexibility index (Phi) is 6.03. The number of carbonyl (C=O) groups excluding carboxylic acids is 3. The molecule has 1 rings (SSSR count). The van der Waals surface area contributed by atoms with Crippen molar-refractivity contribution in [3.63, 3.8) is 0 Å². The van der Waals surface area contributed by atoms with Gasteiger partial charge in [-0.25, -0.2) is 0 Å². The second-order valence-electron chi connectivity index (χ2n) is 4.42. The first-order valence-electron chi connectivity index (χ1n) is 6.62. The van der Waals surface area contributed by atoms with Gasteiger partial charge >= 0.3 is 5.97 Å². The zero-order chi connectivity index (χ0) is 15.1. The zero-order valence-electron chi connectivity index (χ0n) is 12.0. The van der Waals surface area contributed by atoms with Crippen molar-refractivity contribution in [2.24, 2.45) is 5.92 Å². The van der Waals surface area contributed by atoms with Crippen molar-refractivity contribution in [1.29, 1.82) is 0 Å². The molecule has 0 aliphatic carbocycles. The van der Waals surface area contributed by atoms with Crippen LogP contribution >= 0.6 is 0 Å². The largest absolute Gasteiger partial charge is 0.465 e. The minimum atomic E-state index is -1.11. The standard InChI is InChI=1S/C15H19NO4/c1-4-12(18)14(11-7-6-8-16-9-11)13(10(3)17)15(19)20-5-2/h6-9,13-14H,4-5H2,1-3H3. The lowest BCUT2D eigenvalue weighted by molar-refractivity contribution is -0.154. The summed E-state index contributed by atoms with van der Waals surface area (Å²) in [7, 11) is 0. The van der Waals surface area contributed by atoms with Crippen LogP contribution in [0.5, 0.6) is 0 Å². The lowest BCUT2D eigenvalue weighted by atomic mass is 9.80. The second-order valence-corrected chi connectivity index (χ2v) is 4.42. The summed E-state index contributed by atoms with van der Waals surface area (Å²) in [6.07, 6.45) is 3.32. The van der Waals surface area contributed by atoms with Crippen LogP contribution < -0.4 is 0 Å². The van der Waals surface area contributed by atoms with E-state index in [1.807, 2.05) is 0 Å². The molecule has 0 saturated carbocycles. The monoisotopic (exact) mass is 277 g/mol. The van der Waals surface area contributed by atoms with Gasteiger partial charge in [0, 0.05) is 18.8 Å². The topological polar surface area (TPSA) is 73.3 Å². The average molecular weight is 277 g/mol. The number of hydrogen-bond acceptors (Lipinski definition) is 5. The van der Waals surface area contributed by atoms with Gasteiger partial charge in [-0.2, -0.15) is 0 Å². The van der Waals surface area contributed by atoms with Crippen molar-refractivity contribution in [1.82, 2.24) is 4.98 Å². The summed E-state index contributed by atoms with van der Waals surface area (Å²) in [6, 6.07) is 3.37. The average Bonchev–Trinajstić information content (AvgIpc) is 2.44. The Bertz CT molecular complexity index is 484. The van der Waals surface area contributed by atoms with E-state index >= 15 is 0 Å². The normalized spacial score (nSPS) is 13.3. The van der Waals surface area contributed by atoms with E-state index in [-0.39, 0.29) is 24.6 Å². The molecule has 0 bridgehead atoms. The maximum atomic E-state index is 12.2.